The van der Waals surface area contributed by atoms with Crippen molar-refractivity contribution in [3.05, 3.63) is 0 Å². The number of hydrogen-bond donors (Lipinski definition) is 1. The molecule has 0 amide bonds. The third-order valence-corrected chi connectivity index (χ3v) is 3.36. The van der Waals surface area contributed by atoms with Crippen LogP contribution in [0, 0.1) is 11.8 Å². The maximum Gasteiger partial charge on any atom is 0.306 e. The zero-order valence-corrected chi connectivity index (χ0v) is 7.91. The van der Waals surface area contributed by atoms with E-state index in [0.717, 1.165) is 25.8 Å². The van der Waals surface area contributed by atoms with Crippen LogP contribution in [0.1, 0.15) is 25.7 Å². The van der Waals surface area contributed by atoms with Crippen molar-refractivity contribution in [2.45, 2.75) is 25.7 Å². The van der Waals surface area contributed by atoms with Gasteiger partial charge < -0.3 is 10.0 Å². The number of likely N-dealkylation sites (tertiary alicyclic amines) is 1. The first-order valence-corrected chi connectivity index (χ1v) is 5.21. The highest BCUT2D eigenvalue weighted by Gasteiger charge is 2.31. The average Bonchev–Trinajstić information content (AvgIpc) is 2.44. The largest absolute Gasteiger partial charge is 0.481 e. The Labute approximate surface area is 78.7 Å². The maximum atomic E-state index is 10.7. The summed E-state index contributed by atoms with van der Waals surface area (Å²) in [4.78, 5) is 13.1. The van der Waals surface area contributed by atoms with Crippen molar-refractivity contribution in [2.75, 3.05) is 19.6 Å². The third kappa shape index (κ3) is 2.02. The molecule has 1 aliphatic heterocycles. The minimum absolute atomic E-state index is 0.0497. The van der Waals surface area contributed by atoms with Crippen molar-refractivity contribution < 1.29 is 9.90 Å². The van der Waals surface area contributed by atoms with Crippen molar-refractivity contribution in [3.8, 4) is 0 Å². The number of nitrogens with zero attached hydrogens (tertiary/aromatic N) is 1. The molecule has 1 N–H and O–H groups in total. The fourth-order valence-corrected chi connectivity index (χ4v) is 2.39. The molecule has 74 valence electrons. The normalized spacial score (nSPS) is 34.5. The summed E-state index contributed by atoms with van der Waals surface area (Å²) < 4.78 is 0. The van der Waals surface area contributed by atoms with E-state index in [1.54, 1.807) is 0 Å². The van der Waals surface area contributed by atoms with Gasteiger partial charge in [-0.3, -0.25) is 4.79 Å². The highest BCUT2D eigenvalue weighted by atomic mass is 16.4. The molecular weight excluding hydrogens is 166 g/mol. The maximum absolute atomic E-state index is 10.7. The Morgan fingerprint density at radius 2 is 2.15 bits per heavy atom. The Hall–Kier alpha value is -0.570. The van der Waals surface area contributed by atoms with Gasteiger partial charge in [0.15, 0.2) is 0 Å². The van der Waals surface area contributed by atoms with Crippen LogP contribution in [0.4, 0.5) is 0 Å². The number of carboxylic acid groups (broad SMARTS) is 1. The second-order valence-electron chi connectivity index (χ2n) is 4.37. The second-order valence-corrected chi connectivity index (χ2v) is 4.37. The molecule has 0 aromatic rings. The second kappa shape index (κ2) is 3.66. The summed E-state index contributed by atoms with van der Waals surface area (Å²) >= 11 is 0. The van der Waals surface area contributed by atoms with Crippen LogP contribution in [0.3, 0.4) is 0 Å². The van der Waals surface area contributed by atoms with E-state index in [1.807, 2.05) is 0 Å². The lowest BCUT2D eigenvalue weighted by atomic mass is 10.0. The Morgan fingerprint density at radius 3 is 2.62 bits per heavy atom. The highest BCUT2D eigenvalue weighted by Crippen LogP contribution is 2.32. The predicted molar refractivity (Wildman–Crippen MR) is 49.5 cm³/mol. The molecule has 0 bridgehead atoms. The van der Waals surface area contributed by atoms with Gasteiger partial charge in [0.25, 0.3) is 0 Å². The molecule has 0 aromatic carbocycles. The molecule has 1 aliphatic carbocycles. The first-order chi connectivity index (χ1) is 6.25. The van der Waals surface area contributed by atoms with Gasteiger partial charge in [-0.25, -0.2) is 0 Å². The number of aliphatic carboxylic acids is 1. The number of hydrogen-bond acceptors (Lipinski definition) is 2. The quantitative estimate of drug-likeness (QED) is 0.714. The van der Waals surface area contributed by atoms with Gasteiger partial charge in [-0.15, -0.1) is 0 Å². The number of rotatable bonds is 3. The molecule has 3 nitrogen and oxygen atoms in total. The summed E-state index contributed by atoms with van der Waals surface area (Å²) in [7, 11) is 0. The van der Waals surface area contributed by atoms with E-state index in [9.17, 15) is 4.79 Å². The molecule has 0 radical (unpaired) electrons. The van der Waals surface area contributed by atoms with Crippen LogP contribution in [0.5, 0.6) is 0 Å². The lowest BCUT2D eigenvalue weighted by molar-refractivity contribution is -0.141. The molecule has 1 saturated heterocycles. The summed E-state index contributed by atoms with van der Waals surface area (Å²) in [6.45, 7) is 3.60. The Morgan fingerprint density at radius 1 is 1.38 bits per heavy atom. The zero-order valence-electron chi connectivity index (χ0n) is 7.91. The van der Waals surface area contributed by atoms with Gasteiger partial charge in [0.05, 0.1) is 5.92 Å². The first-order valence-electron chi connectivity index (χ1n) is 5.21. The Kier molecular flexibility index (Phi) is 2.54. The summed E-state index contributed by atoms with van der Waals surface area (Å²) in [6.07, 6.45) is 4.25. The summed E-state index contributed by atoms with van der Waals surface area (Å²) in [6, 6.07) is 0. The molecule has 2 atom stereocenters. The molecular formula is C10H17NO2. The van der Waals surface area contributed by atoms with Gasteiger partial charge in [0.2, 0.25) is 0 Å². The minimum Gasteiger partial charge on any atom is -0.481 e. The van der Waals surface area contributed by atoms with E-state index in [-0.39, 0.29) is 5.92 Å². The molecule has 1 saturated carbocycles. The Balaban J connectivity index is 1.74. The van der Waals surface area contributed by atoms with Crippen molar-refractivity contribution in [3.63, 3.8) is 0 Å². The van der Waals surface area contributed by atoms with Gasteiger partial charge in [-0.05, 0) is 44.7 Å². The van der Waals surface area contributed by atoms with Gasteiger partial charge >= 0.3 is 5.97 Å². The van der Waals surface area contributed by atoms with E-state index in [4.69, 9.17) is 5.11 Å². The van der Waals surface area contributed by atoms with Gasteiger partial charge in [-0.1, -0.05) is 0 Å². The van der Waals surface area contributed by atoms with Crippen LogP contribution in [0.15, 0.2) is 0 Å². The average molecular weight is 183 g/mol. The summed E-state index contributed by atoms with van der Waals surface area (Å²) in [5.74, 6) is 0.0128. The van der Waals surface area contributed by atoms with Gasteiger partial charge in [0, 0.05) is 6.54 Å². The van der Waals surface area contributed by atoms with Gasteiger partial charge in [-0.2, -0.15) is 0 Å². The summed E-state index contributed by atoms with van der Waals surface area (Å²) in [5, 5.41) is 8.82. The van der Waals surface area contributed by atoms with Crippen LogP contribution in [0.2, 0.25) is 0 Å². The van der Waals surface area contributed by atoms with E-state index in [0.29, 0.717) is 5.92 Å². The van der Waals surface area contributed by atoms with E-state index in [1.165, 1.54) is 19.5 Å². The SMILES string of the molecule is O=C(O)C1CCC(CN2CCC2)C1. The van der Waals surface area contributed by atoms with E-state index >= 15 is 0 Å². The molecule has 1 heterocycles. The molecule has 0 spiro atoms. The van der Waals surface area contributed by atoms with Crippen molar-refractivity contribution in [1.82, 2.24) is 4.90 Å². The molecule has 2 unspecified atom stereocenters. The third-order valence-electron chi connectivity index (χ3n) is 3.36. The van der Waals surface area contributed by atoms with Crippen molar-refractivity contribution >= 4 is 5.97 Å². The standard InChI is InChI=1S/C10H17NO2/c12-10(13)9-3-2-8(6-9)7-11-4-1-5-11/h8-9H,1-7H2,(H,12,13). The smallest absolute Gasteiger partial charge is 0.306 e. The molecule has 13 heavy (non-hydrogen) atoms. The molecule has 2 aliphatic rings. The lowest BCUT2D eigenvalue weighted by Gasteiger charge is -2.32. The van der Waals surface area contributed by atoms with Crippen LogP contribution in [-0.2, 0) is 4.79 Å². The highest BCUT2D eigenvalue weighted by molar-refractivity contribution is 5.70. The van der Waals surface area contributed by atoms with Gasteiger partial charge in [0.1, 0.15) is 0 Å². The fraction of sp³-hybridized carbons (Fsp3) is 0.900. The molecule has 3 heteroatoms. The number of carboxylic acids is 1. The first kappa shape index (κ1) is 9.00. The van der Waals surface area contributed by atoms with E-state index < -0.39 is 5.97 Å². The lowest BCUT2D eigenvalue weighted by Crippen LogP contribution is -2.40. The van der Waals surface area contributed by atoms with Crippen LogP contribution >= 0.6 is 0 Å². The van der Waals surface area contributed by atoms with Crippen molar-refractivity contribution in [1.29, 1.82) is 0 Å². The van der Waals surface area contributed by atoms with Crippen LogP contribution in [0.25, 0.3) is 0 Å². The monoisotopic (exact) mass is 183 g/mol. The predicted octanol–water partition coefficient (Wildman–Crippen LogP) is 1.19. The van der Waals surface area contributed by atoms with E-state index in [2.05, 4.69) is 4.90 Å². The molecule has 2 fully saturated rings. The number of carbonyl (C=O) groups is 1. The van der Waals surface area contributed by atoms with Crippen LogP contribution in [-0.4, -0.2) is 35.6 Å². The molecule has 2 rings (SSSR count). The molecule has 0 aromatic heterocycles. The topological polar surface area (TPSA) is 40.5 Å². The zero-order chi connectivity index (χ0) is 9.26. The minimum atomic E-state index is -0.592. The fourth-order valence-electron chi connectivity index (χ4n) is 2.39. The Bertz CT molecular complexity index is 201. The van der Waals surface area contributed by atoms with Crippen molar-refractivity contribution in [2.24, 2.45) is 11.8 Å². The van der Waals surface area contributed by atoms with Crippen LogP contribution < -0.4 is 0 Å². The summed E-state index contributed by atoms with van der Waals surface area (Å²) in [5.41, 5.74) is 0.